The van der Waals surface area contributed by atoms with E-state index in [4.69, 9.17) is 9.05 Å². The average molecular weight is 247 g/mol. The van der Waals surface area contributed by atoms with Gasteiger partial charge in [-0.3, -0.25) is 4.57 Å². The average Bonchev–Trinajstić information content (AvgIpc) is 2.67. The molecule has 0 aromatic carbocycles. The number of aromatic carboxylic acids is 1. The molecular weight excluding hydrogens is 235 g/mol. The Labute approximate surface area is 92.3 Å². The largest absolute Gasteiger partial charge is 0.542 e. The van der Waals surface area contributed by atoms with E-state index in [0.29, 0.717) is 0 Å². The third kappa shape index (κ3) is 2.69. The van der Waals surface area contributed by atoms with Gasteiger partial charge >= 0.3 is 7.60 Å². The van der Waals surface area contributed by atoms with Crippen molar-refractivity contribution >= 4 is 19.0 Å². The van der Waals surface area contributed by atoms with Crippen LogP contribution in [-0.4, -0.2) is 29.2 Å². The molecule has 0 aliphatic carbocycles. The Kier molecular flexibility index (Phi) is 4.23. The van der Waals surface area contributed by atoms with Gasteiger partial charge in [-0.2, -0.15) is 0 Å². The molecule has 7 nitrogen and oxygen atoms in total. The van der Waals surface area contributed by atoms with Gasteiger partial charge in [0.05, 0.1) is 19.4 Å². The number of carboxylic acids is 1. The highest BCUT2D eigenvalue weighted by molar-refractivity contribution is 7.61. The molecule has 0 radical (unpaired) electrons. The van der Waals surface area contributed by atoms with Crippen LogP contribution in [0.1, 0.15) is 24.5 Å². The molecule has 1 N–H and O–H groups in total. The van der Waals surface area contributed by atoms with Crippen LogP contribution in [0.15, 0.2) is 6.20 Å². The first-order valence-electron chi connectivity index (χ1n) is 4.69. The van der Waals surface area contributed by atoms with E-state index in [1.54, 1.807) is 13.8 Å². The summed E-state index contributed by atoms with van der Waals surface area (Å²) < 4.78 is 22.1. The number of hydrogen-bond donors (Lipinski definition) is 1. The lowest BCUT2D eigenvalue weighted by Crippen LogP contribution is -2.24. The Morgan fingerprint density at radius 1 is 1.50 bits per heavy atom. The normalized spacial score (nSPS) is 11.6. The maximum Gasteiger partial charge on any atom is 0.379 e. The molecule has 1 aromatic rings. The van der Waals surface area contributed by atoms with Gasteiger partial charge in [-0.05, 0) is 13.8 Å². The van der Waals surface area contributed by atoms with Crippen LogP contribution < -0.4 is 10.5 Å². The van der Waals surface area contributed by atoms with Gasteiger partial charge in [0.1, 0.15) is 11.4 Å². The highest BCUT2D eigenvalue weighted by atomic mass is 31.2. The van der Waals surface area contributed by atoms with Crippen LogP contribution in [-0.2, 0) is 13.6 Å². The fourth-order valence-corrected chi connectivity index (χ4v) is 2.55. The molecule has 0 bridgehead atoms. The minimum atomic E-state index is -3.50. The number of H-pyrrole nitrogens is 1. The molecule has 1 heterocycles. The maximum absolute atomic E-state index is 12.1. The van der Waals surface area contributed by atoms with Gasteiger partial charge in [0.15, 0.2) is 5.82 Å². The summed E-state index contributed by atoms with van der Waals surface area (Å²) in [4.78, 5) is 16.3. The van der Waals surface area contributed by atoms with Crippen molar-refractivity contribution in [3.05, 3.63) is 12.0 Å². The number of aromatic amines is 1. The molecule has 0 aliphatic heterocycles. The number of carboxylic acid groups (broad SMARTS) is 1. The number of rotatable bonds is 6. The fraction of sp³-hybridized carbons (Fsp3) is 0.500. The Morgan fingerprint density at radius 3 is 2.44 bits per heavy atom. The maximum atomic E-state index is 12.1. The summed E-state index contributed by atoms with van der Waals surface area (Å²) in [5.41, 5.74) is 0.00963. The molecule has 0 fully saturated rings. The van der Waals surface area contributed by atoms with E-state index in [9.17, 15) is 14.5 Å². The van der Waals surface area contributed by atoms with Crippen molar-refractivity contribution in [2.75, 3.05) is 13.2 Å². The number of carbonyl (C=O) groups excluding carboxylic acids is 1. The van der Waals surface area contributed by atoms with Gasteiger partial charge in [-0.25, -0.2) is 4.98 Å². The Morgan fingerprint density at radius 2 is 2.06 bits per heavy atom. The van der Waals surface area contributed by atoms with Crippen molar-refractivity contribution in [1.29, 1.82) is 0 Å². The zero-order valence-corrected chi connectivity index (χ0v) is 9.82. The number of nitrogens with one attached hydrogen (secondary N) is 1. The predicted molar refractivity (Wildman–Crippen MR) is 53.4 cm³/mol. The second-order valence-electron chi connectivity index (χ2n) is 2.74. The minimum absolute atomic E-state index is 0.00963. The van der Waals surface area contributed by atoms with Crippen LogP contribution in [0.25, 0.3) is 0 Å². The number of carbonyl (C=O) groups is 1. The second kappa shape index (κ2) is 5.25. The highest BCUT2D eigenvalue weighted by Crippen LogP contribution is 2.45. The molecule has 0 saturated heterocycles. The molecule has 90 valence electrons. The quantitative estimate of drug-likeness (QED) is 0.690. The van der Waals surface area contributed by atoms with Crippen LogP contribution in [0.2, 0.25) is 0 Å². The van der Waals surface area contributed by atoms with Crippen LogP contribution >= 0.6 is 7.60 Å². The monoisotopic (exact) mass is 247 g/mol. The number of nitrogens with zero attached hydrogens (tertiary/aromatic N) is 1. The Hall–Kier alpha value is -1.17. The first-order chi connectivity index (χ1) is 7.53. The van der Waals surface area contributed by atoms with Crippen molar-refractivity contribution in [3.63, 3.8) is 0 Å². The molecular formula is C8H12N2O5P-. The molecule has 0 amide bonds. The van der Waals surface area contributed by atoms with Crippen LogP contribution in [0.4, 0.5) is 0 Å². The van der Waals surface area contributed by atoms with Crippen molar-refractivity contribution < 1.29 is 23.5 Å². The van der Waals surface area contributed by atoms with Gasteiger partial charge in [0.25, 0.3) is 0 Å². The van der Waals surface area contributed by atoms with E-state index < -0.39 is 19.4 Å². The van der Waals surface area contributed by atoms with E-state index in [1.165, 1.54) is 0 Å². The summed E-state index contributed by atoms with van der Waals surface area (Å²) in [5.74, 6) is -1.89. The predicted octanol–water partition coefficient (Wildman–Crippen LogP) is -0.335. The van der Waals surface area contributed by atoms with E-state index >= 15 is 0 Å². The topological polar surface area (TPSA) is 104 Å². The lowest BCUT2D eigenvalue weighted by atomic mass is 10.6. The Bertz CT molecular complexity index is 406. The minimum Gasteiger partial charge on any atom is -0.542 e. The first kappa shape index (κ1) is 12.9. The number of hydrogen-bond acceptors (Lipinski definition) is 6. The van der Waals surface area contributed by atoms with E-state index in [1.807, 2.05) is 0 Å². The molecule has 8 heteroatoms. The highest BCUT2D eigenvalue weighted by Gasteiger charge is 2.29. The van der Waals surface area contributed by atoms with Crippen molar-refractivity contribution in [2.45, 2.75) is 13.8 Å². The van der Waals surface area contributed by atoms with E-state index in [0.717, 1.165) is 6.20 Å². The molecule has 0 spiro atoms. The summed E-state index contributed by atoms with van der Waals surface area (Å²) in [6.07, 6.45) is 1.11. The summed E-state index contributed by atoms with van der Waals surface area (Å²) >= 11 is 0. The third-order valence-corrected chi connectivity index (χ3v) is 3.66. The lowest BCUT2D eigenvalue weighted by Gasteiger charge is -2.14. The molecule has 1 rings (SSSR count). The zero-order valence-electron chi connectivity index (χ0n) is 8.93. The number of aromatic nitrogens is 2. The fourth-order valence-electron chi connectivity index (χ4n) is 1.07. The SMILES string of the molecule is CCOP(=O)(OCC)c1cnc(C(=O)[O-])[nH]1. The first-order valence-corrected chi connectivity index (χ1v) is 6.23. The van der Waals surface area contributed by atoms with E-state index in [-0.39, 0.29) is 18.6 Å². The summed E-state index contributed by atoms with van der Waals surface area (Å²) in [7, 11) is -3.50. The Balaban J connectivity index is 3.01. The van der Waals surface area contributed by atoms with Crippen molar-refractivity contribution in [1.82, 2.24) is 9.97 Å². The van der Waals surface area contributed by atoms with Crippen LogP contribution in [0.5, 0.6) is 0 Å². The van der Waals surface area contributed by atoms with Crippen molar-refractivity contribution in [2.24, 2.45) is 0 Å². The molecule has 0 atom stereocenters. The molecule has 0 saturated carbocycles. The summed E-state index contributed by atoms with van der Waals surface area (Å²) in [6.45, 7) is 3.66. The van der Waals surface area contributed by atoms with Crippen LogP contribution in [0, 0.1) is 0 Å². The molecule has 16 heavy (non-hydrogen) atoms. The zero-order chi connectivity index (χ0) is 12.2. The molecule has 0 unspecified atom stereocenters. The summed E-state index contributed by atoms with van der Waals surface area (Å²) in [6, 6.07) is 0. The molecule has 0 aliphatic rings. The van der Waals surface area contributed by atoms with Crippen LogP contribution in [0.3, 0.4) is 0 Å². The van der Waals surface area contributed by atoms with Gasteiger partial charge in [0.2, 0.25) is 0 Å². The summed E-state index contributed by atoms with van der Waals surface area (Å²) in [5, 5.41) is 10.5. The standard InChI is InChI=1S/C8H13N2O5P/c1-3-14-16(13,15-4-2)6-5-9-7(10-6)8(11)12/h5H,3-4H2,1-2H3,(H,9,10)(H,11,12)/p-1. The lowest BCUT2D eigenvalue weighted by molar-refractivity contribution is -0.255. The van der Waals surface area contributed by atoms with Gasteiger partial charge < -0.3 is 23.9 Å². The van der Waals surface area contributed by atoms with Gasteiger partial charge in [0, 0.05) is 0 Å². The van der Waals surface area contributed by atoms with Gasteiger partial charge in [-0.15, -0.1) is 0 Å². The smallest absolute Gasteiger partial charge is 0.379 e. The third-order valence-electron chi connectivity index (χ3n) is 1.65. The van der Waals surface area contributed by atoms with E-state index in [2.05, 4.69) is 9.97 Å². The van der Waals surface area contributed by atoms with Gasteiger partial charge in [-0.1, -0.05) is 0 Å². The second-order valence-corrected chi connectivity index (χ2v) is 4.73. The number of imidazole rings is 1. The van der Waals surface area contributed by atoms with Crippen molar-refractivity contribution in [3.8, 4) is 0 Å². The molecule has 1 aromatic heterocycles.